The minimum Gasteiger partial charge on any atom is -0.444 e. The van der Waals surface area contributed by atoms with Crippen LogP contribution in [0.25, 0.3) is 0 Å². The highest BCUT2D eigenvalue weighted by atomic mass is 16.6. The fourth-order valence-electron chi connectivity index (χ4n) is 3.31. The largest absolute Gasteiger partial charge is 0.444 e. The highest BCUT2D eigenvalue weighted by molar-refractivity contribution is 6.03. The lowest BCUT2D eigenvalue weighted by Gasteiger charge is -2.34. The molecule has 1 atom stereocenters. The van der Waals surface area contributed by atoms with E-state index in [1.165, 1.54) is 0 Å². The number of benzene rings is 1. The van der Waals surface area contributed by atoms with Gasteiger partial charge in [-0.05, 0) is 51.8 Å². The maximum atomic E-state index is 12.5. The molecule has 8 nitrogen and oxygen atoms in total. The molecule has 1 unspecified atom stereocenters. The van der Waals surface area contributed by atoms with Gasteiger partial charge in [0.15, 0.2) is 5.69 Å². The minimum atomic E-state index is -0.532. The second-order valence-electron chi connectivity index (χ2n) is 8.39. The summed E-state index contributed by atoms with van der Waals surface area (Å²) in [5.74, 6) is -0.249. The van der Waals surface area contributed by atoms with Gasteiger partial charge in [-0.25, -0.2) is 4.79 Å². The minimum absolute atomic E-state index is 0.239. The van der Waals surface area contributed by atoms with E-state index in [4.69, 9.17) is 9.47 Å². The first kappa shape index (κ1) is 21.8. The van der Waals surface area contributed by atoms with Crippen LogP contribution in [0, 0.1) is 6.92 Å². The fraction of sp³-hybridized carbons (Fsp3) is 0.500. The summed E-state index contributed by atoms with van der Waals surface area (Å²) in [7, 11) is 0. The number of hydrogen-bond acceptors (Lipinski definition) is 5. The number of carbonyl (C=O) groups is 2. The van der Waals surface area contributed by atoms with Crippen LogP contribution < -0.4 is 5.32 Å². The van der Waals surface area contributed by atoms with Crippen molar-refractivity contribution in [1.82, 2.24) is 15.1 Å². The molecule has 1 fully saturated rings. The summed E-state index contributed by atoms with van der Waals surface area (Å²) in [6.07, 6.45) is 0.222. The van der Waals surface area contributed by atoms with E-state index in [1.807, 2.05) is 58.9 Å². The second-order valence-corrected chi connectivity index (χ2v) is 8.39. The van der Waals surface area contributed by atoms with E-state index in [0.29, 0.717) is 31.1 Å². The van der Waals surface area contributed by atoms with Crippen LogP contribution in [0.3, 0.4) is 0 Å². The molecule has 1 aromatic heterocycles. The Kier molecular flexibility index (Phi) is 6.45. The van der Waals surface area contributed by atoms with Gasteiger partial charge in [-0.2, -0.15) is 5.10 Å². The first-order valence-electron chi connectivity index (χ1n) is 10.2. The van der Waals surface area contributed by atoms with E-state index in [-0.39, 0.29) is 18.1 Å². The van der Waals surface area contributed by atoms with Gasteiger partial charge in [-0.3, -0.25) is 9.89 Å². The van der Waals surface area contributed by atoms with Crippen molar-refractivity contribution in [2.24, 2.45) is 0 Å². The van der Waals surface area contributed by atoms with Gasteiger partial charge in [0.1, 0.15) is 11.7 Å². The van der Waals surface area contributed by atoms with Crippen LogP contribution >= 0.6 is 0 Å². The van der Waals surface area contributed by atoms with Crippen molar-refractivity contribution in [3.05, 3.63) is 46.8 Å². The number of aromatic nitrogens is 2. The third-order valence-corrected chi connectivity index (χ3v) is 4.94. The summed E-state index contributed by atoms with van der Waals surface area (Å²) < 4.78 is 11.3. The van der Waals surface area contributed by atoms with Crippen LogP contribution in [0.1, 0.15) is 61.1 Å². The summed E-state index contributed by atoms with van der Waals surface area (Å²) in [6, 6.07) is 7.44. The molecule has 0 saturated carbocycles. The van der Waals surface area contributed by atoms with Gasteiger partial charge in [-0.15, -0.1) is 0 Å². The van der Waals surface area contributed by atoms with E-state index in [0.717, 1.165) is 23.2 Å². The van der Waals surface area contributed by atoms with Crippen molar-refractivity contribution >= 4 is 17.7 Å². The molecule has 2 aromatic rings. The average molecular weight is 415 g/mol. The Hall–Kier alpha value is -2.87. The van der Waals surface area contributed by atoms with Crippen molar-refractivity contribution in [3.8, 4) is 0 Å². The number of ether oxygens (including phenoxy) is 2. The second kappa shape index (κ2) is 8.87. The first-order chi connectivity index (χ1) is 14.2. The maximum absolute atomic E-state index is 12.5. The van der Waals surface area contributed by atoms with Gasteiger partial charge in [0.25, 0.3) is 5.91 Å². The monoisotopic (exact) mass is 414 g/mol. The molecule has 0 bridgehead atoms. The molecule has 0 aliphatic carbocycles. The molecular weight excluding hydrogens is 384 g/mol. The molecule has 3 rings (SSSR count). The lowest BCUT2D eigenvalue weighted by Crippen LogP contribution is -2.44. The van der Waals surface area contributed by atoms with Crippen LogP contribution in [0.2, 0.25) is 0 Å². The molecular formula is C22H30N4O4. The Labute approximate surface area is 176 Å². The number of rotatable bonds is 4. The smallest absolute Gasteiger partial charge is 0.410 e. The highest BCUT2D eigenvalue weighted by Crippen LogP contribution is 2.25. The predicted molar refractivity (Wildman–Crippen MR) is 114 cm³/mol. The van der Waals surface area contributed by atoms with Crippen molar-refractivity contribution in [3.63, 3.8) is 0 Å². The van der Waals surface area contributed by atoms with Crippen molar-refractivity contribution in [2.75, 3.05) is 25.0 Å². The predicted octanol–water partition coefficient (Wildman–Crippen LogP) is 3.84. The molecule has 0 spiro atoms. The van der Waals surface area contributed by atoms with E-state index >= 15 is 0 Å². The van der Waals surface area contributed by atoms with E-state index < -0.39 is 5.60 Å². The Morgan fingerprint density at radius 1 is 1.30 bits per heavy atom. The van der Waals surface area contributed by atoms with Gasteiger partial charge in [-0.1, -0.05) is 19.1 Å². The Bertz CT molecular complexity index is 899. The third kappa shape index (κ3) is 5.18. The summed E-state index contributed by atoms with van der Waals surface area (Å²) in [5, 5.41) is 9.89. The number of amides is 2. The van der Waals surface area contributed by atoms with Gasteiger partial charge in [0.2, 0.25) is 0 Å². The highest BCUT2D eigenvalue weighted by Gasteiger charge is 2.29. The lowest BCUT2D eigenvalue weighted by molar-refractivity contribution is -0.0432. The molecule has 0 radical (unpaired) electrons. The normalized spacial score (nSPS) is 17.0. The summed E-state index contributed by atoms with van der Waals surface area (Å²) in [5.41, 5.74) is 3.30. The summed E-state index contributed by atoms with van der Waals surface area (Å²) >= 11 is 0. The molecule has 30 heavy (non-hydrogen) atoms. The van der Waals surface area contributed by atoms with Crippen molar-refractivity contribution in [2.45, 2.75) is 52.7 Å². The Balaban J connectivity index is 1.63. The number of H-pyrrole nitrogens is 1. The number of aryl methyl sites for hydroxylation is 1. The summed E-state index contributed by atoms with van der Waals surface area (Å²) in [6.45, 7) is 10.8. The molecule has 2 N–H and O–H groups in total. The Morgan fingerprint density at radius 3 is 2.60 bits per heavy atom. The number of aromatic amines is 1. The molecule has 2 amide bonds. The molecule has 1 aliphatic rings. The lowest BCUT2D eigenvalue weighted by atomic mass is 10.1. The van der Waals surface area contributed by atoms with Crippen LogP contribution in [0.4, 0.5) is 10.5 Å². The average Bonchev–Trinajstić information content (AvgIpc) is 3.08. The number of anilines is 1. The molecule has 162 valence electrons. The van der Waals surface area contributed by atoms with Crippen molar-refractivity contribution < 1.29 is 19.1 Å². The molecule has 2 heterocycles. The number of carbonyl (C=O) groups excluding carboxylic acids is 2. The molecule has 1 saturated heterocycles. The maximum Gasteiger partial charge on any atom is 0.410 e. The number of morpholine rings is 1. The van der Waals surface area contributed by atoms with E-state index in [9.17, 15) is 9.59 Å². The van der Waals surface area contributed by atoms with Crippen LogP contribution in [0.5, 0.6) is 0 Å². The van der Waals surface area contributed by atoms with Gasteiger partial charge < -0.3 is 19.7 Å². The topological polar surface area (TPSA) is 96.6 Å². The van der Waals surface area contributed by atoms with E-state index in [2.05, 4.69) is 15.5 Å². The standard InChI is InChI=1S/C22H30N4O4/c1-6-17-14(2)19(25-24-17)20(27)23-16-9-7-15(8-10-16)18-13-26(11-12-29-18)21(28)30-22(3,4)5/h7-10,18H,6,11-13H2,1-5H3,(H,23,27)(H,24,25). The number of nitrogens with zero attached hydrogens (tertiary/aromatic N) is 2. The molecule has 8 heteroatoms. The third-order valence-electron chi connectivity index (χ3n) is 4.94. The van der Waals surface area contributed by atoms with Gasteiger partial charge in [0.05, 0.1) is 13.2 Å². The van der Waals surface area contributed by atoms with Gasteiger partial charge >= 0.3 is 6.09 Å². The number of hydrogen-bond donors (Lipinski definition) is 2. The number of nitrogens with one attached hydrogen (secondary N) is 2. The fourth-order valence-corrected chi connectivity index (χ4v) is 3.31. The summed E-state index contributed by atoms with van der Waals surface area (Å²) in [4.78, 5) is 26.5. The van der Waals surface area contributed by atoms with E-state index in [1.54, 1.807) is 4.90 Å². The van der Waals surface area contributed by atoms with Gasteiger partial charge in [0, 0.05) is 23.5 Å². The SMILES string of the molecule is CCc1[nH]nc(C(=O)Nc2ccc(C3CN(C(=O)OC(C)(C)C)CCO3)cc2)c1C. The molecule has 1 aromatic carbocycles. The zero-order valence-corrected chi connectivity index (χ0v) is 18.2. The Morgan fingerprint density at radius 2 is 2.00 bits per heavy atom. The van der Waals surface area contributed by atoms with Crippen LogP contribution in [-0.4, -0.2) is 52.4 Å². The van der Waals surface area contributed by atoms with Crippen molar-refractivity contribution in [1.29, 1.82) is 0 Å². The van der Waals surface area contributed by atoms with Crippen LogP contribution in [-0.2, 0) is 15.9 Å². The van der Waals surface area contributed by atoms with Crippen LogP contribution in [0.15, 0.2) is 24.3 Å². The quantitative estimate of drug-likeness (QED) is 0.792. The molecule has 1 aliphatic heterocycles. The zero-order valence-electron chi connectivity index (χ0n) is 18.2. The first-order valence-corrected chi connectivity index (χ1v) is 10.2. The zero-order chi connectivity index (χ0) is 21.9.